The highest BCUT2D eigenvalue weighted by molar-refractivity contribution is 5.95. The van der Waals surface area contributed by atoms with Gasteiger partial charge in [0.25, 0.3) is 5.91 Å². The van der Waals surface area contributed by atoms with E-state index in [2.05, 4.69) is 20.7 Å². The lowest BCUT2D eigenvalue weighted by Gasteiger charge is -2.14. The van der Waals surface area contributed by atoms with Crippen LogP contribution in [0.25, 0.3) is 0 Å². The van der Waals surface area contributed by atoms with E-state index in [1.807, 2.05) is 38.1 Å². The van der Waals surface area contributed by atoms with Gasteiger partial charge in [-0.15, -0.1) is 12.4 Å². The molecular weight excluding hydrogens is 302 g/mol. The van der Waals surface area contributed by atoms with Crippen LogP contribution < -0.4 is 10.6 Å². The SMILES string of the molecule is CCN[C@H](C)CNC(=O)c1ccccc1Cn1cncn1.Cl. The van der Waals surface area contributed by atoms with Gasteiger partial charge in [-0.05, 0) is 25.1 Å². The summed E-state index contributed by atoms with van der Waals surface area (Å²) in [6.07, 6.45) is 3.13. The highest BCUT2D eigenvalue weighted by Gasteiger charge is 2.12. The van der Waals surface area contributed by atoms with Crippen molar-refractivity contribution in [3.63, 3.8) is 0 Å². The predicted octanol–water partition coefficient (Wildman–Crippen LogP) is 1.48. The van der Waals surface area contributed by atoms with Gasteiger partial charge in [0.1, 0.15) is 12.7 Å². The van der Waals surface area contributed by atoms with Crippen LogP contribution in [-0.4, -0.2) is 39.8 Å². The van der Waals surface area contributed by atoms with Crippen molar-refractivity contribution in [2.75, 3.05) is 13.1 Å². The molecule has 2 rings (SSSR count). The van der Waals surface area contributed by atoms with E-state index in [-0.39, 0.29) is 24.4 Å². The van der Waals surface area contributed by atoms with Crippen LogP contribution in [0.1, 0.15) is 29.8 Å². The Labute approximate surface area is 136 Å². The first-order valence-electron chi connectivity index (χ1n) is 7.12. The first-order chi connectivity index (χ1) is 10.2. The summed E-state index contributed by atoms with van der Waals surface area (Å²) in [5, 5.41) is 10.3. The average Bonchev–Trinajstić information content (AvgIpc) is 2.99. The summed E-state index contributed by atoms with van der Waals surface area (Å²) >= 11 is 0. The molecule has 0 saturated heterocycles. The summed E-state index contributed by atoms with van der Waals surface area (Å²) in [5.41, 5.74) is 1.60. The van der Waals surface area contributed by atoms with Gasteiger partial charge in [0.15, 0.2) is 0 Å². The Morgan fingerprint density at radius 3 is 2.82 bits per heavy atom. The summed E-state index contributed by atoms with van der Waals surface area (Å²) in [6, 6.07) is 7.81. The van der Waals surface area contributed by atoms with E-state index in [1.165, 1.54) is 6.33 Å². The minimum absolute atomic E-state index is 0. The van der Waals surface area contributed by atoms with Crippen molar-refractivity contribution in [3.8, 4) is 0 Å². The van der Waals surface area contributed by atoms with Crippen molar-refractivity contribution < 1.29 is 4.79 Å². The first kappa shape index (κ1) is 18.1. The van der Waals surface area contributed by atoms with Crippen LogP contribution in [-0.2, 0) is 6.54 Å². The monoisotopic (exact) mass is 323 g/mol. The smallest absolute Gasteiger partial charge is 0.251 e. The zero-order valence-corrected chi connectivity index (χ0v) is 13.6. The van der Waals surface area contributed by atoms with E-state index in [0.29, 0.717) is 18.7 Å². The van der Waals surface area contributed by atoms with Crippen LogP contribution in [0.4, 0.5) is 0 Å². The van der Waals surface area contributed by atoms with Gasteiger partial charge in [-0.3, -0.25) is 4.79 Å². The van der Waals surface area contributed by atoms with Crippen molar-refractivity contribution in [2.24, 2.45) is 0 Å². The number of carbonyl (C=O) groups is 1. The zero-order valence-electron chi connectivity index (χ0n) is 12.8. The maximum Gasteiger partial charge on any atom is 0.251 e. The van der Waals surface area contributed by atoms with Gasteiger partial charge < -0.3 is 10.6 Å². The van der Waals surface area contributed by atoms with E-state index in [0.717, 1.165) is 12.1 Å². The Kier molecular flexibility index (Phi) is 7.56. The molecule has 0 aliphatic rings. The number of nitrogens with zero attached hydrogens (tertiary/aromatic N) is 3. The molecule has 0 aliphatic carbocycles. The number of hydrogen-bond donors (Lipinski definition) is 2. The summed E-state index contributed by atoms with van der Waals surface area (Å²) < 4.78 is 1.70. The van der Waals surface area contributed by atoms with E-state index in [1.54, 1.807) is 11.0 Å². The van der Waals surface area contributed by atoms with Crippen LogP contribution in [0.3, 0.4) is 0 Å². The Morgan fingerprint density at radius 2 is 2.14 bits per heavy atom. The van der Waals surface area contributed by atoms with Gasteiger partial charge in [-0.1, -0.05) is 25.1 Å². The van der Waals surface area contributed by atoms with Crippen LogP contribution in [0.15, 0.2) is 36.9 Å². The molecule has 0 bridgehead atoms. The highest BCUT2D eigenvalue weighted by atomic mass is 35.5. The fourth-order valence-electron chi connectivity index (χ4n) is 2.13. The lowest BCUT2D eigenvalue weighted by molar-refractivity contribution is 0.0949. The summed E-state index contributed by atoms with van der Waals surface area (Å²) in [7, 11) is 0. The van der Waals surface area contributed by atoms with E-state index in [4.69, 9.17) is 0 Å². The molecule has 0 spiro atoms. The fraction of sp³-hybridized carbons (Fsp3) is 0.400. The van der Waals surface area contributed by atoms with Crippen molar-refractivity contribution in [2.45, 2.75) is 26.4 Å². The molecule has 1 aromatic carbocycles. The number of likely N-dealkylation sites (N-methyl/N-ethyl adjacent to an activating group) is 1. The third-order valence-electron chi connectivity index (χ3n) is 3.18. The molecular formula is C15H22ClN5O. The van der Waals surface area contributed by atoms with E-state index >= 15 is 0 Å². The number of rotatable bonds is 7. The molecule has 7 heteroatoms. The Bertz CT molecular complexity index is 573. The number of halogens is 1. The minimum atomic E-state index is -0.0598. The number of amides is 1. The topological polar surface area (TPSA) is 71.8 Å². The molecule has 6 nitrogen and oxygen atoms in total. The molecule has 1 amide bonds. The standard InChI is InChI=1S/C15H21N5O.ClH/c1-3-17-12(2)8-18-15(21)14-7-5-4-6-13(14)9-20-11-16-10-19-20;/h4-7,10-12,17H,3,8-9H2,1-2H3,(H,18,21);1H/t12-;/m1./s1. The van der Waals surface area contributed by atoms with Gasteiger partial charge in [0.05, 0.1) is 6.54 Å². The van der Waals surface area contributed by atoms with E-state index in [9.17, 15) is 4.79 Å². The molecule has 0 radical (unpaired) electrons. The fourth-order valence-corrected chi connectivity index (χ4v) is 2.13. The molecule has 0 saturated carbocycles. The van der Waals surface area contributed by atoms with Crippen LogP contribution in [0, 0.1) is 0 Å². The van der Waals surface area contributed by atoms with Crippen molar-refractivity contribution in [1.29, 1.82) is 0 Å². The molecule has 0 unspecified atom stereocenters. The van der Waals surface area contributed by atoms with Crippen LogP contribution in [0.5, 0.6) is 0 Å². The van der Waals surface area contributed by atoms with Crippen molar-refractivity contribution in [3.05, 3.63) is 48.0 Å². The third kappa shape index (κ3) is 5.13. The summed E-state index contributed by atoms with van der Waals surface area (Å²) in [6.45, 7) is 6.12. The number of benzene rings is 1. The van der Waals surface area contributed by atoms with Gasteiger partial charge in [-0.2, -0.15) is 5.10 Å². The molecule has 1 atom stereocenters. The zero-order chi connectivity index (χ0) is 15.1. The number of nitrogens with one attached hydrogen (secondary N) is 2. The van der Waals surface area contributed by atoms with Gasteiger partial charge in [0, 0.05) is 18.2 Å². The second kappa shape index (κ2) is 9.17. The third-order valence-corrected chi connectivity index (χ3v) is 3.18. The molecule has 2 aromatic rings. The average molecular weight is 324 g/mol. The Balaban J connectivity index is 0.00000242. The predicted molar refractivity (Wildman–Crippen MR) is 88.3 cm³/mol. The molecule has 120 valence electrons. The number of hydrogen-bond acceptors (Lipinski definition) is 4. The second-order valence-corrected chi connectivity index (χ2v) is 4.92. The van der Waals surface area contributed by atoms with Crippen LogP contribution >= 0.6 is 12.4 Å². The van der Waals surface area contributed by atoms with E-state index < -0.39 is 0 Å². The number of carbonyl (C=O) groups excluding carboxylic acids is 1. The van der Waals surface area contributed by atoms with Gasteiger partial charge in [0.2, 0.25) is 0 Å². The van der Waals surface area contributed by atoms with Gasteiger partial charge >= 0.3 is 0 Å². The van der Waals surface area contributed by atoms with Gasteiger partial charge in [-0.25, -0.2) is 9.67 Å². The normalized spacial score (nSPS) is 11.5. The molecule has 22 heavy (non-hydrogen) atoms. The lowest BCUT2D eigenvalue weighted by Crippen LogP contribution is -2.39. The molecule has 0 aliphatic heterocycles. The quantitative estimate of drug-likeness (QED) is 0.809. The summed E-state index contributed by atoms with van der Waals surface area (Å²) in [4.78, 5) is 16.2. The second-order valence-electron chi connectivity index (χ2n) is 4.92. The molecule has 1 aromatic heterocycles. The van der Waals surface area contributed by atoms with Crippen molar-refractivity contribution in [1.82, 2.24) is 25.4 Å². The highest BCUT2D eigenvalue weighted by Crippen LogP contribution is 2.10. The maximum absolute atomic E-state index is 12.3. The molecule has 0 fully saturated rings. The largest absolute Gasteiger partial charge is 0.350 e. The maximum atomic E-state index is 12.3. The molecule has 1 heterocycles. The Morgan fingerprint density at radius 1 is 1.36 bits per heavy atom. The molecule has 2 N–H and O–H groups in total. The number of aromatic nitrogens is 3. The first-order valence-corrected chi connectivity index (χ1v) is 7.12. The Hall–Kier alpha value is -1.92. The summed E-state index contributed by atoms with van der Waals surface area (Å²) in [5.74, 6) is -0.0598. The lowest BCUT2D eigenvalue weighted by atomic mass is 10.1. The van der Waals surface area contributed by atoms with Crippen LogP contribution in [0.2, 0.25) is 0 Å². The van der Waals surface area contributed by atoms with Crippen molar-refractivity contribution >= 4 is 18.3 Å². The minimum Gasteiger partial charge on any atom is -0.350 e.